The van der Waals surface area contributed by atoms with E-state index < -0.39 is 0 Å². The molecule has 1 N–H and O–H groups in total. The number of carbonyl (C=O) groups is 1. The summed E-state index contributed by atoms with van der Waals surface area (Å²) in [6, 6.07) is 3.95. The first-order valence-corrected chi connectivity index (χ1v) is 7.60. The summed E-state index contributed by atoms with van der Waals surface area (Å²) in [6.07, 6.45) is 5.51. The average molecular weight is 326 g/mol. The Morgan fingerprint density at radius 2 is 2.16 bits per heavy atom. The predicted octanol–water partition coefficient (Wildman–Crippen LogP) is 2.45. The lowest BCUT2D eigenvalue weighted by atomic mass is 10.1. The van der Waals surface area contributed by atoms with Crippen LogP contribution >= 0.6 is 15.9 Å². The summed E-state index contributed by atoms with van der Waals surface area (Å²) >= 11 is 3.31. The van der Waals surface area contributed by atoms with Gasteiger partial charge in [0, 0.05) is 23.3 Å². The highest BCUT2D eigenvalue weighted by molar-refractivity contribution is 9.10. The molecule has 5 heteroatoms. The number of nitrogens with zero attached hydrogens (tertiary/aromatic N) is 2. The van der Waals surface area contributed by atoms with Gasteiger partial charge in [0.25, 0.3) is 5.91 Å². The van der Waals surface area contributed by atoms with Crippen molar-refractivity contribution in [3.8, 4) is 0 Å². The van der Waals surface area contributed by atoms with Crippen molar-refractivity contribution in [2.75, 3.05) is 19.6 Å². The summed E-state index contributed by atoms with van der Waals surface area (Å²) in [5.41, 5.74) is 0.467. The third-order valence-electron chi connectivity index (χ3n) is 3.53. The van der Waals surface area contributed by atoms with Crippen LogP contribution < -0.4 is 5.32 Å². The number of piperidine rings is 1. The summed E-state index contributed by atoms with van der Waals surface area (Å²) < 4.78 is 0.880. The molecular formula is C14H20BrN3O. The van der Waals surface area contributed by atoms with Crippen molar-refractivity contribution in [3.05, 3.63) is 28.5 Å². The lowest BCUT2D eigenvalue weighted by Gasteiger charge is -2.32. The third kappa shape index (κ3) is 4.28. The molecule has 0 aromatic carbocycles. The number of nitrogens with one attached hydrogen (secondary N) is 1. The Morgan fingerprint density at radius 3 is 2.79 bits per heavy atom. The quantitative estimate of drug-likeness (QED) is 0.924. The van der Waals surface area contributed by atoms with Crippen molar-refractivity contribution in [2.45, 2.75) is 32.2 Å². The van der Waals surface area contributed by atoms with Crippen LogP contribution in [0.25, 0.3) is 0 Å². The predicted molar refractivity (Wildman–Crippen MR) is 79.2 cm³/mol. The number of aromatic nitrogens is 1. The maximum atomic E-state index is 11.9. The Bertz CT molecular complexity index is 415. The van der Waals surface area contributed by atoms with Gasteiger partial charge >= 0.3 is 0 Å². The summed E-state index contributed by atoms with van der Waals surface area (Å²) in [6.45, 7) is 5.14. The molecular weight excluding hydrogens is 306 g/mol. The lowest BCUT2D eigenvalue weighted by molar-refractivity contribution is 0.0925. The van der Waals surface area contributed by atoms with Crippen LogP contribution in [0, 0.1) is 0 Å². The van der Waals surface area contributed by atoms with Crippen LogP contribution in [0.5, 0.6) is 0 Å². The van der Waals surface area contributed by atoms with E-state index in [4.69, 9.17) is 0 Å². The lowest BCUT2D eigenvalue weighted by Crippen LogP contribution is -2.44. The van der Waals surface area contributed by atoms with E-state index in [0.717, 1.165) is 17.6 Å². The van der Waals surface area contributed by atoms with Crippen molar-refractivity contribution in [1.82, 2.24) is 15.2 Å². The van der Waals surface area contributed by atoms with Crippen molar-refractivity contribution in [1.29, 1.82) is 0 Å². The average Bonchev–Trinajstić information content (AvgIpc) is 2.46. The number of amides is 1. The monoisotopic (exact) mass is 325 g/mol. The van der Waals surface area contributed by atoms with Crippen LogP contribution in [-0.2, 0) is 0 Å². The van der Waals surface area contributed by atoms with Crippen molar-refractivity contribution < 1.29 is 4.79 Å². The molecule has 1 aliphatic rings. The highest BCUT2D eigenvalue weighted by atomic mass is 79.9. The van der Waals surface area contributed by atoms with Gasteiger partial charge in [0.2, 0.25) is 0 Å². The minimum absolute atomic E-state index is 0.101. The summed E-state index contributed by atoms with van der Waals surface area (Å²) in [5.74, 6) is -0.101. The van der Waals surface area contributed by atoms with Crippen LogP contribution in [0.1, 0.15) is 36.7 Å². The molecule has 0 radical (unpaired) electrons. The summed E-state index contributed by atoms with van der Waals surface area (Å²) in [5, 5.41) is 2.96. The summed E-state index contributed by atoms with van der Waals surface area (Å²) in [7, 11) is 0. The van der Waals surface area contributed by atoms with Gasteiger partial charge < -0.3 is 5.32 Å². The molecule has 0 aliphatic carbocycles. The fourth-order valence-electron chi connectivity index (χ4n) is 2.33. The SMILES string of the molecule is CC(CNC(=O)c1ccc(Br)cn1)N1CCCCC1. The number of halogens is 1. The molecule has 2 rings (SSSR count). The number of likely N-dealkylation sites (tertiary alicyclic amines) is 1. The van der Waals surface area contributed by atoms with Crippen LogP contribution in [0.2, 0.25) is 0 Å². The van der Waals surface area contributed by atoms with E-state index in [2.05, 4.69) is 38.1 Å². The Morgan fingerprint density at radius 1 is 1.42 bits per heavy atom. The maximum absolute atomic E-state index is 11.9. The highest BCUT2D eigenvalue weighted by Gasteiger charge is 2.17. The second kappa shape index (κ2) is 7.01. The Labute approximate surface area is 122 Å². The normalized spacial score (nSPS) is 18.0. The first-order valence-electron chi connectivity index (χ1n) is 6.80. The zero-order chi connectivity index (χ0) is 13.7. The zero-order valence-corrected chi connectivity index (χ0v) is 12.8. The molecule has 1 aromatic heterocycles. The van der Waals surface area contributed by atoms with Crippen LogP contribution in [0.15, 0.2) is 22.8 Å². The fraction of sp³-hybridized carbons (Fsp3) is 0.571. The third-order valence-corrected chi connectivity index (χ3v) is 4.00. The highest BCUT2D eigenvalue weighted by Crippen LogP contribution is 2.11. The zero-order valence-electron chi connectivity index (χ0n) is 11.2. The first kappa shape index (κ1) is 14.5. The maximum Gasteiger partial charge on any atom is 0.269 e. The number of hydrogen-bond donors (Lipinski definition) is 1. The Balaban J connectivity index is 1.81. The smallest absolute Gasteiger partial charge is 0.269 e. The second-order valence-corrected chi connectivity index (χ2v) is 5.93. The molecule has 0 bridgehead atoms. The van der Waals surface area contributed by atoms with E-state index in [1.165, 1.54) is 19.3 Å². The standard InChI is InChI=1S/C14H20BrN3O/c1-11(18-7-3-2-4-8-18)9-17-14(19)13-6-5-12(15)10-16-13/h5-6,10-11H,2-4,7-9H2,1H3,(H,17,19). The van der Waals surface area contributed by atoms with Gasteiger partial charge in [0.1, 0.15) is 5.69 Å². The molecule has 19 heavy (non-hydrogen) atoms. The molecule has 0 saturated carbocycles. The molecule has 1 unspecified atom stereocenters. The Hall–Kier alpha value is -0.940. The van der Waals surface area contributed by atoms with E-state index >= 15 is 0 Å². The number of carbonyl (C=O) groups excluding carboxylic acids is 1. The number of pyridine rings is 1. The molecule has 1 amide bonds. The molecule has 1 aliphatic heterocycles. The Kier molecular flexibility index (Phi) is 5.34. The van der Waals surface area contributed by atoms with E-state index in [1.807, 2.05) is 6.07 Å². The molecule has 104 valence electrons. The topological polar surface area (TPSA) is 45.2 Å². The van der Waals surface area contributed by atoms with Crippen molar-refractivity contribution in [3.63, 3.8) is 0 Å². The van der Waals surface area contributed by atoms with Crippen LogP contribution in [-0.4, -0.2) is 41.5 Å². The molecule has 4 nitrogen and oxygen atoms in total. The van der Waals surface area contributed by atoms with Gasteiger partial charge in [-0.3, -0.25) is 9.69 Å². The van der Waals surface area contributed by atoms with Crippen molar-refractivity contribution in [2.24, 2.45) is 0 Å². The number of rotatable bonds is 4. The molecule has 1 fully saturated rings. The number of hydrogen-bond acceptors (Lipinski definition) is 3. The minimum Gasteiger partial charge on any atom is -0.349 e. The van der Waals surface area contributed by atoms with E-state index in [0.29, 0.717) is 18.3 Å². The van der Waals surface area contributed by atoms with Gasteiger partial charge in [-0.25, -0.2) is 4.98 Å². The van der Waals surface area contributed by atoms with E-state index in [9.17, 15) is 4.79 Å². The van der Waals surface area contributed by atoms with E-state index in [1.54, 1.807) is 12.3 Å². The molecule has 1 atom stereocenters. The van der Waals surface area contributed by atoms with Crippen molar-refractivity contribution >= 4 is 21.8 Å². The summed E-state index contributed by atoms with van der Waals surface area (Å²) in [4.78, 5) is 18.5. The van der Waals surface area contributed by atoms with Gasteiger partial charge in [-0.1, -0.05) is 6.42 Å². The van der Waals surface area contributed by atoms with Crippen LogP contribution in [0.3, 0.4) is 0 Å². The van der Waals surface area contributed by atoms with Gasteiger partial charge in [0.05, 0.1) is 0 Å². The van der Waals surface area contributed by atoms with Gasteiger partial charge in [0.15, 0.2) is 0 Å². The molecule has 1 saturated heterocycles. The molecule has 2 heterocycles. The van der Waals surface area contributed by atoms with Crippen LogP contribution in [0.4, 0.5) is 0 Å². The minimum atomic E-state index is -0.101. The largest absolute Gasteiger partial charge is 0.349 e. The first-order chi connectivity index (χ1) is 9.16. The fourth-order valence-corrected chi connectivity index (χ4v) is 2.56. The van der Waals surface area contributed by atoms with E-state index in [-0.39, 0.29) is 5.91 Å². The molecule has 0 spiro atoms. The molecule has 1 aromatic rings. The van der Waals surface area contributed by atoms with Gasteiger partial charge in [-0.05, 0) is 60.9 Å². The second-order valence-electron chi connectivity index (χ2n) is 5.02. The van der Waals surface area contributed by atoms with Gasteiger partial charge in [-0.2, -0.15) is 0 Å². The van der Waals surface area contributed by atoms with Gasteiger partial charge in [-0.15, -0.1) is 0 Å².